The number of hydrogen-bond acceptors (Lipinski definition) is 5. The van der Waals surface area contributed by atoms with Gasteiger partial charge in [-0.05, 0) is 60.8 Å². The van der Waals surface area contributed by atoms with Crippen molar-refractivity contribution in [3.8, 4) is 5.75 Å². The number of carbonyl (C=O) groups excluding carboxylic acids is 2. The minimum absolute atomic E-state index is 0.0378. The maximum atomic E-state index is 13.3. The van der Waals surface area contributed by atoms with E-state index in [1.54, 1.807) is 23.1 Å². The molecule has 1 amide bonds. The number of carbonyl (C=O) groups is 2. The van der Waals surface area contributed by atoms with E-state index in [1.807, 2.05) is 24.3 Å². The molecular formula is C29H37ClN2O4. The summed E-state index contributed by atoms with van der Waals surface area (Å²) < 4.78 is 5.21. The molecule has 0 aliphatic carbocycles. The van der Waals surface area contributed by atoms with Gasteiger partial charge in [-0.2, -0.15) is 0 Å². The number of rotatable bonds is 9. The van der Waals surface area contributed by atoms with E-state index < -0.39 is 17.7 Å². The Bertz CT molecular complexity index is 1130. The number of aliphatic hydroxyl groups excluding tert-OH is 1. The molecule has 1 saturated heterocycles. The Kier molecular flexibility index (Phi) is 8.85. The van der Waals surface area contributed by atoms with Crippen molar-refractivity contribution in [2.24, 2.45) is 0 Å². The number of Topliss-reactive ketones (excluding diaryl/α,β-unsaturated/α-hetero) is 1. The number of hydrogen-bond donors (Lipinski definition) is 1. The zero-order valence-corrected chi connectivity index (χ0v) is 22.9. The molecule has 194 valence electrons. The summed E-state index contributed by atoms with van der Waals surface area (Å²) in [5.74, 6) is -1.07. The first-order chi connectivity index (χ1) is 17.0. The topological polar surface area (TPSA) is 70.1 Å². The lowest BCUT2D eigenvalue weighted by atomic mass is 9.85. The second-order valence-corrected chi connectivity index (χ2v) is 10.5. The van der Waals surface area contributed by atoms with Crippen molar-refractivity contribution in [3.63, 3.8) is 0 Å². The van der Waals surface area contributed by atoms with Crippen molar-refractivity contribution in [2.75, 3.05) is 33.3 Å². The molecule has 1 heterocycles. The van der Waals surface area contributed by atoms with Crippen molar-refractivity contribution in [3.05, 3.63) is 69.8 Å². The first-order valence-corrected chi connectivity index (χ1v) is 12.9. The molecule has 7 heteroatoms. The summed E-state index contributed by atoms with van der Waals surface area (Å²) in [5, 5.41) is 11.6. The molecule has 1 fully saturated rings. The molecule has 0 spiro atoms. The van der Waals surface area contributed by atoms with E-state index in [0.29, 0.717) is 22.9 Å². The number of benzene rings is 2. The minimum atomic E-state index is -0.688. The molecule has 2 aromatic carbocycles. The van der Waals surface area contributed by atoms with E-state index in [4.69, 9.17) is 16.3 Å². The van der Waals surface area contributed by atoms with Crippen LogP contribution in [0.25, 0.3) is 5.76 Å². The highest BCUT2D eigenvalue weighted by Crippen LogP contribution is 2.41. The molecule has 0 radical (unpaired) electrons. The predicted molar refractivity (Wildman–Crippen MR) is 145 cm³/mol. The van der Waals surface area contributed by atoms with Crippen LogP contribution in [0.5, 0.6) is 5.75 Å². The van der Waals surface area contributed by atoms with Crippen molar-refractivity contribution in [1.82, 2.24) is 9.80 Å². The van der Waals surface area contributed by atoms with Crippen molar-refractivity contribution >= 4 is 29.1 Å². The normalized spacial score (nSPS) is 17.8. The van der Waals surface area contributed by atoms with E-state index >= 15 is 0 Å². The van der Waals surface area contributed by atoms with E-state index in [2.05, 4.69) is 39.5 Å². The number of nitrogens with zero attached hydrogens (tertiary/aromatic N) is 2. The molecule has 0 aromatic heterocycles. The Hall–Kier alpha value is -2.83. The molecule has 0 bridgehead atoms. The Morgan fingerprint density at radius 2 is 1.72 bits per heavy atom. The number of halogens is 1. The van der Waals surface area contributed by atoms with Gasteiger partial charge in [-0.15, -0.1) is 0 Å². The summed E-state index contributed by atoms with van der Waals surface area (Å²) >= 11 is 6.29. The van der Waals surface area contributed by atoms with Crippen LogP contribution in [0.15, 0.2) is 48.0 Å². The molecule has 1 atom stereocenters. The fourth-order valence-corrected chi connectivity index (χ4v) is 4.85. The standard InChI is InChI=1S/C29H37ClN2O4/c1-7-31(8-2)16-9-17-32-25(19-10-13-21(14-11-19)29(3,4)5)24(27(34)28(32)35)26(33)20-12-15-23(36-6)22(30)18-20/h10-15,18,25,33H,7-9,16-17H2,1-6H3/t25-/m1/s1. The third kappa shape index (κ3) is 5.76. The van der Waals surface area contributed by atoms with E-state index in [0.717, 1.165) is 37.2 Å². The van der Waals surface area contributed by atoms with E-state index in [-0.39, 0.29) is 16.7 Å². The lowest BCUT2D eigenvalue weighted by Crippen LogP contribution is -2.33. The van der Waals surface area contributed by atoms with Crippen LogP contribution in [0, 0.1) is 0 Å². The predicted octanol–water partition coefficient (Wildman–Crippen LogP) is 5.80. The highest BCUT2D eigenvalue weighted by molar-refractivity contribution is 6.46. The number of aliphatic hydroxyl groups is 1. The highest BCUT2D eigenvalue weighted by atomic mass is 35.5. The minimum Gasteiger partial charge on any atom is -0.507 e. The monoisotopic (exact) mass is 512 g/mol. The van der Waals surface area contributed by atoms with Gasteiger partial charge in [0.05, 0.1) is 23.7 Å². The second-order valence-electron chi connectivity index (χ2n) is 10.1. The number of methoxy groups -OCH3 is 1. The van der Waals surface area contributed by atoms with Crippen molar-refractivity contribution in [2.45, 2.75) is 52.5 Å². The maximum absolute atomic E-state index is 13.3. The van der Waals surface area contributed by atoms with Gasteiger partial charge >= 0.3 is 0 Å². The third-order valence-electron chi connectivity index (χ3n) is 6.83. The van der Waals surface area contributed by atoms with Gasteiger partial charge in [0.25, 0.3) is 11.7 Å². The summed E-state index contributed by atoms with van der Waals surface area (Å²) in [5.41, 5.74) is 2.33. The lowest BCUT2D eigenvalue weighted by Gasteiger charge is -2.27. The van der Waals surface area contributed by atoms with Crippen LogP contribution in [0.3, 0.4) is 0 Å². The number of amides is 1. The molecule has 6 nitrogen and oxygen atoms in total. The van der Waals surface area contributed by atoms with Gasteiger partial charge in [0.15, 0.2) is 0 Å². The molecule has 1 aliphatic heterocycles. The molecule has 3 rings (SSSR count). The van der Waals surface area contributed by atoms with Crippen LogP contribution in [-0.2, 0) is 15.0 Å². The average Bonchev–Trinajstić information content (AvgIpc) is 3.10. The fourth-order valence-electron chi connectivity index (χ4n) is 4.60. The second kappa shape index (κ2) is 11.5. The molecule has 2 aromatic rings. The average molecular weight is 513 g/mol. The van der Waals surface area contributed by atoms with Crippen molar-refractivity contribution < 1.29 is 19.4 Å². The smallest absolute Gasteiger partial charge is 0.295 e. The fraction of sp³-hybridized carbons (Fsp3) is 0.448. The van der Waals surface area contributed by atoms with Gasteiger partial charge in [0, 0.05) is 12.1 Å². The first kappa shape index (κ1) is 27.8. The van der Waals surface area contributed by atoms with Gasteiger partial charge in [-0.3, -0.25) is 9.59 Å². The Labute approximate surface area is 219 Å². The lowest BCUT2D eigenvalue weighted by molar-refractivity contribution is -0.140. The van der Waals surface area contributed by atoms with E-state index in [1.165, 1.54) is 7.11 Å². The molecule has 1 N–H and O–H groups in total. The summed E-state index contributed by atoms with van der Waals surface area (Å²) in [4.78, 5) is 30.4. The number of ketones is 1. The van der Waals surface area contributed by atoms with Crippen LogP contribution < -0.4 is 4.74 Å². The van der Waals surface area contributed by atoms with Gasteiger partial charge in [-0.25, -0.2) is 0 Å². The van der Waals surface area contributed by atoms with Crippen molar-refractivity contribution in [1.29, 1.82) is 0 Å². The third-order valence-corrected chi connectivity index (χ3v) is 7.12. The van der Waals surface area contributed by atoms with Gasteiger partial charge < -0.3 is 19.6 Å². The Morgan fingerprint density at radius 1 is 1.08 bits per heavy atom. The van der Waals surface area contributed by atoms with E-state index in [9.17, 15) is 14.7 Å². The Morgan fingerprint density at radius 3 is 2.25 bits per heavy atom. The van der Waals surface area contributed by atoms with Crippen LogP contribution in [-0.4, -0.2) is 59.9 Å². The van der Waals surface area contributed by atoms with Crippen LogP contribution in [0.4, 0.5) is 0 Å². The summed E-state index contributed by atoms with van der Waals surface area (Å²) in [6.45, 7) is 13.7. The van der Waals surface area contributed by atoms with Gasteiger partial charge in [0.2, 0.25) is 0 Å². The van der Waals surface area contributed by atoms with Crippen LogP contribution in [0.2, 0.25) is 5.02 Å². The molecule has 1 aliphatic rings. The SMILES string of the molecule is CCN(CC)CCCN1C(=O)C(=O)C(=C(O)c2ccc(OC)c(Cl)c2)[C@H]1c1ccc(C(C)(C)C)cc1. The maximum Gasteiger partial charge on any atom is 0.295 e. The number of likely N-dealkylation sites (tertiary alicyclic amines) is 1. The molecular weight excluding hydrogens is 476 g/mol. The number of ether oxygens (including phenoxy) is 1. The molecule has 0 saturated carbocycles. The zero-order chi connectivity index (χ0) is 26.6. The molecule has 0 unspecified atom stereocenters. The zero-order valence-electron chi connectivity index (χ0n) is 22.1. The van der Waals surface area contributed by atoms with Crippen LogP contribution >= 0.6 is 11.6 Å². The largest absolute Gasteiger partial charge is 0.507 e. The molecule has 36 heavy (non-hydrogen) atoms. The van der Waals surface area contributed by atoms with Gasteiger partial charge in [0.1, 0.15) is 11.5 Å². The quantitative estimate of drug-likeness (QED) is 0.261. The summed E-state index contributed by atoms with van der Waals surface area (Å²) in [6, 6.07) is 12.1. The van der Waals surface area contributed by atoms with Gasteiger partial charge in [-0.1, -0.05) is 70.5 Å². The highest BCUT2D eigenvalue weighted by Gasteiger charge is 2.45. The first-order valence-electron chi connectivity index (χ1n) is 12.5. The van der Waals surface area contributed by atoms with Crippen LogP contribution in [0.1, 0.15) is 63.8 Å². The summed E-state index contributed by atoms with van der Waals surface area (Å²) in [7, 11) is 1.51. The Balaban J connectivity index is 2.08. The summed E-state index contributed by atoms with van der Waals surface area (Å²) in [6.07, 6.45) is 0.722.